The molecule has 1 aliphatic carbocycles. The van der Waals surface area contributed by atoms with Gasteiger partial charge in [0.05, 0.1) is 5.60 Å². The Labute approximate surface area is 126 Å². The van der Waals surface area contributed by atoms with Gasteiger partial charge >= 0.3 is 9.53 Å². The second kappa shape index (κ2) is 7.89. The molecule has 0 amide bonds. The fourth-order valence-electron chi connectivity index (χ4n) is 2.53. The fourth-order valence-corrected chi connectivity index (χ4v) is 4.08. The Hall–Kier alpha value is 0.0569. The summed E-state index contributed by atoms with van der Waals surface area (Å²) >= 11 is 0. The average Bonchev–Trinajstić information content (AvgIpc) is 2.26. The van der Waals surface area contributed by atoms with Gasteiger partial charge in [0.1, 0.15) is 0 Å². The van der Waals surface area contributed by atoms with Crippen LogP contribution in [0.15, 0.2) is 0 Å². The highest BCUT2D eigenvalue weighted by Crippen LogP contribution is 2.36. The summed E-state index contributed by atoms with van der Waals surface area (Å²) in [5, 5.41) is 0. The Morgan fingerprint density at radius 3 is 2.15 bits per heavy atom. The van der Waals surface area contributed by atoms with Gasteiger partial charge in [-0.25, -0.2) is 0 Å². The van der Waals surface area contributed by atoms with E-state index in [2.05, 4.69) is 20.8 Å². The molecule has 0 aromatic carbocycles. The summed E-state index contributed by atoms with van der Waals surface area (Å²) in [6.07, 6.45) is 5.53. The highest BCUT2D eigenvalue weighted by Gasteiger charge is 2.41. The van der Waals surface area contributed by atoms with E-state index in [1.807, 2.05) is 20.8 Å². The molecule has 0 spiro atoms. The van der Waals surface area contributed by atoms with Crippen molar-refractivity contribution in [1.29, 1.82) is 0 Å². The number of rotatable bonds is 7. The van der Waals surface area contributed by atoms with Gasteiger partial charge < -0.3 is 18.0 Å². The van der Waals surface area contributed by atoms with Crippen molar-refractivity contribution < 1.29 is 18.0 Å². The maximum atomic E-state index is 6.28. The Morgan fingerprint density at radius 2 is 1.70 bits per heavy atom. The van der Waals surface area contributed by atoms with E-state index in [1.165, 1.54) is 6.42 Å². The largest absolute Gasteiger partial charge is 0.486 e. The lowest BCUT2D eigenvalue weighted by molar-refractivity contribution is -0.264. The van der Waals surface area contributed by atoms with Crippen LogP contribution in [0.3, 0.4) is 0 Å². The summed E-state index contributed by atoms with van der Waals surface area (Å²) in [6.45, 7) is 12.9. The van der Waals surface area contributed by atoms with E-state index < -0.39 is 15.3 Å². The SMILES string of the molecule is CCO[SiH](OC(C)C)OC1(OC(C)(C)C)CCCCC1. The standard InChI is InChI=1S/C15H32O4Si/c1-7-16-20(17-13(2)3)19-15(18-14(4,5)6)11-9-8-10-12-15/h13,20H,7-12H2,1-6H3. The molecule has 0 saturated heterocycles. The van der Waals surface area contributed by atoms with Gasteiger partial charge in [0.15, 0.2) is 5.79 Å². The van der Waals surface area contributed by atoms with E-state index in [1.54, 1.807) is 0 Å². The van der Waals surface area contributed by atoms with E-state index >= 15 is 0 Å². The van der Waals surface area contributed by atoms with Crippen molar-refractivity contribution in [2.24, 2.45) is 0 Å². The van der Waals surface area contributed by atoms with Crippen molar-refractivity contribution in [3.05, 3.63) is 0 Å². The first-order valence-corrected chi connectivity index (χ1v) is 9.33. The van der Waals surface area contributed by atoms with Crippen LogP contribution >= 0.6 is 0 Å². The van der Waals surface area contributed by atoms with Crippen LogP contribution in [0.1, 0.15) is 73.6 Å². The number of ether oxygens (including phenoxy) is 1. The monoisotopic (exact) mass is 304 g/mol. The molecule has 1 fully saturated rings. The van der Waals surface area contributed by atoms with Gasteiger partial charge in [-0.05, 0) is 54.4 Å². The summed E-state index contributed by atoms with van der Waals surface area (Å²) < 4.78 is 24.1. The smallest absolute Gasteiger partial charge is 0.376 e. The van der Waals surface area contributed by atoms with Crippen LogP contribution in [0.25, 0.3) is 0 Å². The molecule has 0 aromatic heterocycles. The number of hydrogen-bond donors (Lipinski definition) is 0. The van der Waals surface area contributed by atoms with Crippen LogP contribution in [-0.2, 0) is 18.0 Å². The highest BCUT2D eigenvalue weighted by molar-refractivity contribution is 6.36. The molecule has 20 heavy (non-hydrogen) atoms. The topological polar surface area (TPSA) is 36.9 Å². The van der Waals surface area contributed by atoms with Crippen molar-refractivity contribution in [2.45, 2.75) is 91.1 Å². The molecule has 0 bridgehead atoms. The van der Waals surface area contributed by atoms with Crippen LogP contribution in [0.4, 0.5) is 0 Å². The van der Waals surface area contributed by atoms with Crippen molar-refractivity contribution in [3.8, 4) is 0 Å². The molecule has 1 saturated carbocycles. The molecule has 120 valence electrons. The molecule has 1 rings (SSSR count). The highest BCUT2D eigenvalue weighted by atomic mass is 28.3. The zero-order valence-electron chi connectivity index (χ0n) is 14.0. The first-order valence-electron chi connectivity index (χ1n) is 7.91. The summed E-state index contributed by atoms with van der Waals surface area (Å²) in [6, 6.07) is 0. The Bertz CT molecular complexity index is 270. The fraction of sp³-hybridized carbons (Fsp3) is 1.00. The zero-order valence-corrected chi connectivity index (χ0v) is 15.2. The molecule has 4 nitrogen and oxygen atoms in total. The minimum absolute atomic E-state index is 0.119. The molecule has 1 unspecified atom stereocenters. The van der Waals surface area contributed by atoms with Gasteiger partial charge in [0, 0.05) is 25.6 Å². The van der Waals surface area contributed by atoms with Crippen molar-refractivity contribution in [1.82, 2.24) is 0 Å². The Morgan fingerprint density at radius 1 is 1.10 bits per heavy atom. The molecular formula is C15H32O4Si. The first kappa shape index (κ1) is 18.1. The van der Waals surface area contributed by atoms with Gasteiger partial charge in [-0.3, -0.25) is 0 Å². The van der Waals surface area contributed by atoms with E-state index in [0.29, 0.717) is 6.61 Å². The predicted molar refractivity (Wildman–Crippen MR) is 82.7 cm³/mol. The minimum atomic E-state index is -2.15. The first-order chi connectivity index (χ1) is 9.26. The lowest BCUT2D eigenvalue weighted by atomic mass is 9.93. The molecule has 5 heteroatoms. The van der Waals surface area contributed by atoms with Gasteiger partial charge in [0.2, 0.25) is 0 Å². The van der Waals surface area contributed by atoms with Crippen LogP contribution in [0.5, 0.6) is 0 Å². The average molecular weight is 305 g/mol. The lowest BCUT2D eigenvalue weighted by Gasteiger charge is -2.43. The summed E-state index contributed by atoms with van der Waals surface area (Å²) in [5.74, 6) is -0.516. The van der Waals surface area contributed by atoms with Crippen molar-refractivity contribution in [3.63, 3.8) is 0 Å². The van der Waals surface area contributed by atoms with Crippen molar-refractivity contribution >= 4 is 9.53 Å². The molecule has 0 aliphatic heterocycles. The molecule has 1 aliphatic rings. The van der Waals surface area contributed by atoms with E-state index in [4.69, 9.17) is 18.0 Å². The van der Waals surface area contributed by atoms with E-state index in [0.717, 1.165) is 25.7 Å². The molecule has 0 aromatic rings. The van der Waals surface area contributed by atoms with E-state index in [9.17, 15) is 0 Å². The molecule has 0 radical (unpaired) electrons. The summed E-state index contributed by atoms with van der Waals surface area (Å²) in [7, 11) is -2.15. The minimum Gasteiger partial charge on any atom is -0.376 e. The Balaban J connectivity index is 2.75. The second-order valence-electron chi connectivity index (χ2n) is 6.73. The molecular weight excluding hydrogens is 272 g/mol. The third kappa shape index (κ3) is 6.67. The van der Waals surface area contributed by atoms with Gasteiger partial charge in [-0.1, -0.05) is 6.42 Å². The van der Waals surface area contributed by atoms with Crippen LogP contribution in [0.2, 0.25) is 0 Å². The van der Waals surface area contributed by atoms with Crippen molar-refractivity contribution in [2.75, 3.05) is 6.61 Å². The number of hydrogen-bond acceptors (Lipinski definition) is 4. The van der Waals surface area contributed by atoms with Gasteiger partial charge in [-0.2, -0.15) is 0 Å². The molecule has 0 heterocycles. The Kier molecular flexibility index (Phi) is 7.15. The lowest BCUT2D eigenvalue weighted by Crippen LogP contribution is -2.49. The van der Waals surface area contributed by atoms with E-state index in [-0.39, 0.29) is 11.7 Å². The maximum Gasteiger partial charge on any atom is 0.486 e. The van der Waals surface area contributed by atoms with Gasteiger partial charge in [0.25, 0.3) is 0 Å². The third-order valence-corrected chi connectivity index (χ3v) is 5.10. The molecule has 1 atom stereocenters. The second-order valence-corrected chi connectivity index (χ2v) is 8.15. The zero-order chi connectivity index (χ0) is 15.2. The molecule has 0 N–H and O–H groups in total. The van der Waals surface area contributed by atoms with Crippen LogP contribution < -0.4 is 0 Å². The van der Waals surface area contributed by atoms with Gasteiger partial charge in [-0.15, -0.1) is 0 Å². The predicted octanol–water partition coefficient (Wildman–Crippen LogP) is 3.66. The summed E-state index contributed by atoms with van der Waals surface area (Å²) in [4.78, 5) is 0. The quantitative estimate of drug-likeness (QED) is 0.531. The summed E-state index contributed by atoms with van der Waals surface area (Å²) in [5.41, 5.74) is -0.222. The van der Waals surface area contributed by atoms with Crippen LogP contribution in [0, 0.1) is 0 Å². The maximum absolute atomic E-state index is 6.28. The normalized spacial score (nSPS) is 21.1. The van der Waals surface area contributed by atoms with Crippen LogP contribution in [-0.4, -0.2) is 33.6 Å². The third-order valence-electron chi connectivity index (χ3n) is 3.10.